The van der Waals surface area contributed by atoms with Gasteiger partial charge in [-0.05, 0) is 82.6 Å². The summed E-state index contributed by atoms with van der Waals surface area (Å²) in [5.41, 5.74) is 5.96. The Bertz CT molecular complexity index is 1160. The van der Waals surface area contributed by atoms with Crippen LogP contribution in [0.4, 0.5) is 16.2 Å². The molecule has 0 radical (unpaired) electrons. The number of hydrogen-bond donors (Lipinski definition) is 2. The van der Waals surface area contributed by atoms with Crippen molar-refractivity contribution >= 4 is 45.7 Å². The van der Waals surface area contributed by atoms with Crippen LogP contribution < -0.4 is 20.1 Å². The van der Waals surface area contributed by atoms with Crippen LogP contribution in [-0.4, -0.2) is 32.5 Å². The highest BCUT2D eigenvalue weighted by molar-refractivity contribution is 14.1. The smallest absolute Gasteiger partial charge is 0.323 e. The Morgan fingerprint density at radius 2 is 1.69 bits per heavy atom. The van der Waals surface area contributed by atoms with Gasteiger partial charge in [0.15, 0.2) is 11.5 Å². The molecule has 2 amide bonds. The maximum atomic E-state index is 12.3. The van der Waals surface area contributed by atoms with Gasteiger partial charge in [0.25, 0.3) is 0 Å². The average molecular weight is 541 g/mol. The van der Waals surface area contributed by atoms with Crippen molar-refractivity contribution in [2.75, 3.05) is 31.4 Å². The molecule has 0 saturated carbocycles. The average Bonchev–Trinajstić information content (AvgIpc) is 2.79. The lowest BCUT2D eigenvalue weighted by atomic mass is 9.93. The number of methoxy groups -OCH3 is 2. The molecule has 1 aliphatic heterocycles. The SMILES string of the molecule is COc1cc2c(cc1OC)C(Cc1ccc(NC(=O)Nc3cccc(I)c3)cc1)=NCC2. The Hall–Kier alpha value is -3.07. The van der Waals surface area contributed by atoms with Crippen molar-refractivity contribution < 1.29 is 14.3 Å². The predicted molar refractivity (Wildman–Crippen MR) is 137 cm³/mol. The number of carbonyl (C=O) groups excluding carboxylic acids is 1. The number of amides is 2. The van der Waals surface area contributed by atoms with Crippen molar-refractivity contribution in [1.82, 2.24) is 0 Å². The molecule has 7 heteroatoms. The quantitative estimate of drug-likeness (QED) is 0.403. The van der Waals surface area contributed by atoms with Crippen molar-refractivity contribution in [3.05, 3.63) is 80.9 Å². The molecule has 0 unspecified atom stereocenters. The first kappa shape index (κ1) is 22.1. The van der Waals surface area contributed by atoms with E-state index in [2.05, 4.69) is 33.2 Å². The summed E-state index contributed by atoms with van der Waals surface area (Å²) < 4.78 is 12.0. The van der Waals surface area contributed by atoms with Crippen LogP contribution in [0.25, 0.3) is 0 Å². The Kier molecular flexibility index (Phi) is 6.94. The number of nitrogens with one attached hydrogen (secondary N) is 2. The third kappa shape index (κ3) is 5.21. The number of carbonyl (C=O) groups is 1. The fourth-order valence-electron chi connectivity index (χ4n) is 3.70. The molecule has 1 aliphatic rings. The highest BCUT2D eigenvalue weighted by Crippen LogP contribution is 2.33. The Morgan fingerprint density at radius 3 is 2.41 bits per heavy atom. The zero-order valence-corrected chi connectivity index (χ0v) is 20.1. The zero-order valence-electron chi connectivity index (χ0n) is 17.9. The number of fused-ring (bicyclic) bond motifs is 1. The minimum absolute atomic E-state index is 0.272. The zero-order chi connectivity index (χ0) is 22.5. The summed E-state index contributed by atoms with van der Waals surface area (Å²) in [7, 11) is 3.29. The molecule has 0 saturated heterocycles. The normalized spacial score (nSPS) is 12.4. The van der Waals surface area contributed by atoms with Gasteiger partial charge < -0.3 is 20.1 Å². The van der Waals surface area contributed by atoms with Crippen LogP contribution in [0.2, 0.25) is 0 Å². The van der Waals surface area contributed by atoms with Gasteiger partial charge in [-0.3, -0.25) is 4.99 Å². The van der Waals surface area contributed by atoms with E-state index in [4.69, 9.17) is 14.5 Å². The first-order chi connectivity index (χ1) is 15.6. The number of benzene rings is 3. The number of halogens is 1. The Morgan fingerprint density at radius 1 is 0.969 bits per heavy atom. The second-order valence-corrected chi connectivity index (χ2v) is 8.65. The number of aliphatic imine (C=N–C) groups is 1. The number of nitrogens with zero attached hydrogens (tertiary/aromatic N) is 1. The van der Waals surface area contributed by atoms with Crippen LogP contribution in [0, 0.1) is 3.57 Å². The molecule has 0 atom stereocenters. The van der Waals surface area contributed by atoms with Crippen LogP contribution >= 0.6 is 22.6 Å². The maximum absolute atomic E-state index is 12.3. The number of urea groups is 1. The number of ether oxygens (including phenoxy) is 2. The Balaban J connectivity index is 1.43. The van der Waals surface area contributed by atoms with Gasteiger partial charge in [0.2, 0.25) is 0 Å². The third-order valence-corrected chi connectivity index (χ3v) is 5.94. The van der Waals surface area contributed by atoms with Crippen LogP contribution in [-0.2, 0) is 12.8 Å². The van der Waals surface area contributed by atoms with E-state index in [1.165, 1.54) is 5.56 Å². The summed E-state index contributed by atoms with van der Waals surface area (Å²) in [6.45, 7) is 0.760. The van der Waals surface area contributed by atoms with Crippen LogP contribution in [0.3, 0.4) is 0 Å². The topological polar surface area (TPSA) is 72.0 Å². The van der Waals surface area contributed by atoms with E-state index in [1.807, 2.05) is 60.7 Å². The fourth-order valence-corrected chi connectivity index (χ4v) is 4.25. The van der Waals surface area contributed by atoms with Crippen molar-refractivity contribution in [3.8, 4) is 11.5 Å². The van der Waals surface area contributed by atoms with Crippen LogP contribution in [0.5, 0.6) is 11.5 Å². The van der Waals surface area contributed by atoms with Gasteiger partial charge in [-0.25, -0.2) is 4.79 Å². The van der Waals surface area contributed by atoms with Crippen LogP contribution in [0.15, 0.2) is 65.7 Å². The molecule has 3 aromatic rings. The van der Waals surface area contributed by atoms with Gasteiger partial charge in [-0.15, -0.1) is 0 Å². The molecule has 0 bridgehead atoms. The maximum Gasteiger partial charge on any atom is 0.323 e. The molecule has 1 heterocycles. The Labute approximate surface area is 201 Å². The number of rotatable bonds is 6. The van der Waals surface area contributed by atoms with Gasteiger partial charge in [0.05, 0.1) is 14.2 Å². The van der Waals surface area contributed by atoms with Crippen molar-refractivity contribution in [3.63, 3.8) is 0 Å². The molecule has 0 aromatic heterocycles. The summed E-state index contributed by atoms with van der Waals surface area (Å²) in [4.78, 5) is 17.0. The van der Waals surface area contributed by atoms with Crippen LogP contribution in [0.1, 0.15) is 16.7 Å². The molecular formula is C25H24IN3O3. The largest absolute Gasteiger partial charge is 0.493 e. The molecule has 4 rings (SSSR count). The van der Waals surface area contributed by atoms with Gasteiger partial charge in [0.1, 0.15) is 0 Å². The second kappa shape index (κ2) is 10.0. The molecule has 6 nitrogen and oxygen atoms in total. The standard InChI is InChI=1S/C25H24IN3O3/c1-31-23-13-17-10-11-27-22(21(17)15-24(23)32-2)12-16-6-8-19(9-7-16)28-25(30)29-20-5-3-4-18(26)14-20/h3-9,13-15H,10-12H2,1-2H3,(H2,28,29,30). The summed E-state index contributed by atoms with van der Waals surface area (Å²) in [6.07, 6.45) is 1.59. The summed E-state index contributed by atoms with van der Waals surface area (Å²) in [5.74, 6) is 1.45. The lowest BCUT2D eigenvalue weighted by molar-refractivity contribution is 0.262. The first-order valence-electron chi connectivity index (χ1n) is 10.3. The molecule has 0 aliphatic carbocycles. The number of anilines is 2. The third-order valence-electron chi connectivity index (χ3n) is 5.27. The van der Waals surface area contributed by atoms with E-state index in [0.717, 1.165) is 50.5 Å². The minimum atomic E-state index is -0.272. The lowest BCUT2D eigenvalue weighted by Crippen LogP contribution is -2.19. The molecular weight excluding hydrogens is 517 g/mol. The summed E-state index contributed by atoms with van der Waals surface area (Å²) in [6, 6.07) is 19.3. The van der Waals surface area contributed by atoms with E-state index in [1.54, 1.807) is 14.2 Å². The van der Waals surface area contributed by atoms with Crippen molar-refractivity contribution in [2.24, 2.45) is 4.99 Å². The van der Waals surface area contributed by atoms with E-state index < -0.39 is 0 Å². The molecule has 32 heavy (non-hydrogen) atoms. The van der Waals surface area contributed by atoms with E-state index >= 15 is 0 Å². The number of hydrogen-bond acceptors (Lipinski definition) is 4. The molecule has 0 fully saturated rings. The minimum Gasteiger partial charge on any atom is -0.493 e. The van der Waals surface area contributed by atoms with Gasteiger partial charge >= 0.3 is 6.03 Å². The fraction of sp³-hybridized carbons (Fsp3) is 0.200. The van der Waals surface area contributed by atoms with E-state index in [0.29, 0.717) is 12.2 Å². The highest BCUT2D eigenvalue weighted by atomic mass is 127. The highest BCUT2D eigenvalue weighted by Gasteiger charge is 2.18. The van der Waals surface area contributed by atoms with Gasteiger partial charge in [-0.1, -0.05) is 18.2 Å². The summed E-state index contributed by atoms with van der Waals surface area (Å²) >= 11 is 2.21. The molecule has 0 spiro atoms. The van der Waals surface area contributed by atoms with Gasteiger partial charge in [-0.2, -0.15) is 0 Å². The lowest BCUT2D eigenvalue weighted by Gasteiger charge is -2.20. The molecule has 2 N–H and O–H groups in total. The monoisotopic (exact) mass is 541 g/mol. The van der Waals surface area contributed by atoms with E-state index in [9.17, 15) is 4.79 Å². The van der Waals surface area contributed by atoms with Crippen molar-refractivity contribution in [1.29, 1.82) is 0 Å². The van der Waals surface area contributed by atoms with Gasteiger partial charge in [0, 0.05) is 39.2 Å². The summed E-state index contributed by atoms with van der Waals surface area (Å²) in [5, 5.41) is 5.72. The second-order valence-electron chi connectivity index (χ2n) is 7.41. The predicted octanol–water partition coefficient (Wildman–Crippen LogP) is 5.54. The molecule has 3 aromatic carbocycles. The molecule has 164 valence electrons. The van der Waals surface area contributed by atoms with E-state index in [-0.39, 0.29) is 6.03 Å². The first-order valence-corrected chi connectivity index (χ1v) is 11.3. The van der Waals surface area contributed by atoms with Crippen molar-refractivity contribution in [2.45, 2.75) is 12.8 Å².